The Bertz CT molecular complexity index is 1050. The van der Waals surface area contributed by atoms with Crippen LogP contribution in [0, 0.1) is 0 Å². The molecule has 0 bridgehead atoms. The molecule has 1 aliphatic rings. The van der Waals surface area contributed by atoms with Crippen LogP contribution in [0.3, 0.4) is 0 Å². The number of carbonyl (C=O) groups is 2. The van der Waals surface area contributed by atoms with Crippen molar-refractivity contribution in [1.82, 2.24) is 10.2 Å². The van der Waals surface area contributed by atoms with Crippen molar-refractivity contribution in [3.63, 3.8) is 0 Å². The molecule has 5 nitrogen and oxygen atoms in total. The van der Waals surface area contributed by atoms with Crippen LogP contribution in [0.5, 0.6) is 5.75 Å². The Balaban J connectivity index is 1.37. The van der Waals surface area contributed by atoms with E-state index in [-0.39, 0.29) is 17.2 Å². The molecular formula is C26H26N2O3S. The van der Waals surface area contributed by atoms with Gasteiger partial charge in [-0.05, 0) is 47.9 Å². The predicted octanol–water partition coefficient (Wildman–Crippen LogP) is 4.79. The third-order valence-electron chi connectivity index (χ3n) is 5.31. The molecule has 6 heteroatoms. The summed E-state index contributed by atoms with van der Waals surface area (Å²) in [5.74, 6) is 1.31. The highest BCUT2D eigenvalue weighted by Crippen LogP contribution is 2.39. The average Bonchev–Trinajstić information content (AvgIpc) is 3.19. The molecule has 32 heavy (non-hydrogen) atoms. The van der Waals surface area contributed by atoms with Crippen LogP contribution in [-0.2, 0) is 17.9 Å². The number of hydrogen-bond acceptors (Lipinski definition) is 4. The summed E-state index contributed by atoms with van der Waals surface area (Å²) >= 11 is 1.62. The van der Waals surface area contributed by atoms with E-state index in [1.807, 2.05) is 90.7 Å². The van der Waals surface area contributed by atoms with Gasteiger partial charge in [-0.1, -0.05) is 54.6 Å². The number of rotatable bonds is 8. The number of nitrogens with zero attached hydrogens (tertiary/aromatic N) is 1. The second-order valence-corrected chi connectivity index (χ2v) is 8.62. The van der Waals surface area contributed by atoms with Crippen molar-refractivity contribution in [2.24, 2.45) is 0 Å². The maximum absolute atomic E-state index is 12.6. The van der Waals surface area contributed by atoms with Crippen LogP contribution in [0.2, 0.25) is 0 Å². The minimum atomic E-state index is -0.123. The summed E-state index contributed by atoms with van der Waals surface area (Å²) in [7, 11) is 0. The van der Waals surface area contributed by atoms with Gasteiger partial charge in [0.05, 0.1) is 12.4 Å². The molecule has 0 saturated carbocycles. The molecule has 0 aliphatic carbocycles. The molecule has 164 valence electrons. The molecule has 0 spiro atoms. The van der Waals surface area contributed by atoms with Gasteiger partial charge < -0.3 is 15.0 Å². The lowest BCUT2D eigenvalue weighted by molar-refractivity contribution is -0.128. The van der Waals surface area contributed by atoms with Crippen LogP contribution < -0.4 is 10.1 Å². The van der Waals surface area contributed by atoms with Gasteiger partial charge in [-0.15, -0.1) is 11.8 Å². The van der Waals surface area contributed by atoms with Crippen LogP contribution in [-0.4, -0.2) is 29.1 Å². The van der Waals surface area contributed by atoms with Crippen LogP contribution in [0.4, 0.5) is 0 Å². The number of hydrogen-bond donors (Lipinski definition) is 1. The van der Waals surface area contributed by atoms with Gasteiger partial charge in [0.1, 0.15) is 11.1 Å². The molecular weight excluding hydrogens is 420 g/mol. The molecule has 1 saturated heterocycles. The number of amides is 2. The molecule has 3 aromatic carbocycles. The highest BCUT2D eigenvalue weighted by atomic mass is 32.2. The van der Waals surface area contributed by atoms with Gasteiger partial charge >= 0.3 is 0 Å². The third kappa shape index (κ3) is 5.32. The second kappa shape index (κ2) is 10.4. The monoisotopic (exact) mass is 446 g/mol. The lowest BCUT2D eigenvalue weighted by atomic mass is 10.1. The molecule has 2 amide bonds. The molecule has 0 radical (unpaired) electrons. The summed E-state index contributed by atoms with van der Waals surface area (Å²) in [6.45, 7) is 3.61. The maximum Gasteiger partial charge on any atom is 0.251 e. The fraction of sp³-hybridized carbons (Fsp3) is 0.231. The smallest absolute Gasteiger partial charge is 0.251 e. The number of benzene rings is 3. The molecule has 4 rings (SSSR count). The molecule has 1 fully saturated rings. The molecule has 0 aromatic heterocycles. The molecule has 1 aliphatic heterocycles. The summed E-state index contributed by atoms with van der Waals surface area (Å²) in [4.78, 5) is 26.9. The van der Waals surface area contributed by atoms with Crippen molar-refractivity contribution in [1.29, 1.82) is 0 Å². The van der Waals surface area contributed by atoms with Crippen molar-refractivity contribution in [3.8, 4) is 5.75 Å². The SMILES string of the molecule is CCOc1ccc(CNC(=O)c2ccc([C@@H]3SCC(=O)N3Cc3ccccc3)cc2)cc1. The van der Waals surface area contributed by atoms with E-state index >= 15 is 0 Å². The zero-order valence-electron chi connectivity index (χ0n) is 18.0. The third-order valence-corrected chi connectivity index (χ3v) is 6.57. The minimum Gasteiger partial charge on any atom is -0.494 e. The van der Waals surface area contributed by atoms with Crippen LogP contribution >= 0.6 is 11.8 Å². The van der Waals surface area contributed by atoms with E-state index < -0.39 is 0 Å². The summed E-state index contributed by atoms with van der Waals surface area (Å²) < 4.78 is 5.44. The van der Waals surface area contributed by atoms with E-state index in [2.05, 4.69) is 5.32 Å². The zero-order chi connectivity index (χ0) is 22.3. The summed E-state index contributed by atoms with van der Waals surface area (Å²) in [5.41, 5.74) is 3.75. The molecule has 0 unspecified atom stereocenters. The van der Waals surface area contributed by atoms with Gasteiger partial charge in [0.25, 0.3) is 5.91 Å². The first kappa shape index (κ1) is 22.0. The van der Waals surface area contributed by atoms with E-state index in [4.69, 9.17) is 4.74 Å². The van der Waals surface area contributed by atoms with Crippen molar-refractivity contribution >= 4 is 23.6 Å². The summed E-state index contributed by atoms with van der Waals surface area (Å²) in [6, 6.07) is 25.3. The van der Waals surface area contributed by atoms with Crippen molar-refractivity contribution < 1.29 is 14.3 Å². The second-order valence-electron chi connectivity index (χ2n) is 7.55. The Hall–Kier alpha value is -3.25. The Morgan fingerprint density at radius 1 is 1.00 bits per heavy atom. The van der Waals surface area contributed by atoms with Crippen molar-refractivity contribution in [3.05, 3.63) is 101 Å². The fourth-order valence-corrected chi connectivity index (χ4v) is 4.82. The largest absolute Gasteiger partial charge is 0.494 e. The van der Waals surface area contributed by atoms with E-state index in [1.165, 1.54) is 0 Å². The normalized spacial score (nSPS) is 15.6. The van der Waals surface area contributed by atoms with Gasteiger partial charge in [0.15, 0.2) is 0 Å². The summed E-state index contributed by atoms with van der Waals surface area (Å²) in [6.07, 6.45) is 0. The molecule has 1 N–H and O–H groups in total. The minimum absolute atomic E-state index is 0.0383. The predicted molar refractivity (Wildman–Crippen MR) is 127 cm³/mol. The topological polar surface area (TPSA) is 58.6 Å². The quantitative estimate of drug-likeness (QED) is 0.541. The Morgan fingerprint density at radius 2 is 1.72 bits per heavy atom. The standard InChI is InChI=1S/C26H26N2O3S/c1-2-31-23-14-8-19(9-15-23)16-27-25(30)21-10-12-22(13-11-21)26-28(24(29)18-32-26)17-20-6-4-3-5-7-20/h3-15,26H,2,16-18H2,1H3,(H,27,30)/t26-/m0/s1. The van der Waals surface area contributed by atoms with Gasteiger partial charge in [-0.3, -0.25) is 9.59 Å². The number of nitrogens with one attached hydrogen (secondary N) is 1. The Morgan fingerprint density at radius 3 is 2.41 bits per heavy atom. The van der Waals surface area contributed by atoms with Crippen molar-refractivity contribution in [2.45, 2.75) is 25.4 Å². The highest BCUT2D eigenvalue weighted by Gasteiger charge is 2.32. The van der Waals surface area contributed by atoms with Crippen LogP contribution in [0.25, 0.3) is 0 Å². The highest BCUT2D eigenvalue weighted by molar-refractivity contribution is 8.00. The lowest BCUT2D eigenvalue weighted by Gasteiger charge is -2.24. The van der Waals surface area contributed by atoms with Crippen molar-refractivity contribution in [2.75, 3.05) is 12.4 Å². The first-order valence-corrected chi connectivity index (χ1v) is 11.7. The Labute approximate surface area is 192 Å². The van der Waals surface area contributed by atoms with E-state index in [1.54, 1.807) is 11.8 Å². The fourth-order valence-electron chi connectivity index (χ4n) is 3.63. The van der Waals surface area contributed by atoms with Gasteiger partial charge in [0, 0.05) is 18.7 Å². The lowest BCUT2D eigenvalue weighted by Crippen LogP contribution is -2.27. The van der Waals surface area contributed by atoms with E-state index in [0.29, 0.717) is 31.0 Å². The first-order valence-electron chi connectivity index (χ1n) is 10.7. The van der Waals surface area contributed by atoms with E-state index in [0.717, 1.165) is 22.4 Å². The first-order chi connectivity index (χ1) is 15.6. The summed E-state index contributed by atoms with van der Waals surface area (Å²) in [5, 5.41) is 2.92. The van der Waals surface area contributed by atoms with Crippen LogP contribution in [0.15, 0.2) is 78.9 Å². The average molecular weight is 447 g/mol. The van der Waals surface area contributed by atoms with Gasteiger partial charge in [0.2, 0.25) is 5.91 Å². The van der Waals surface area contributed by atoms with Gasteiger partial charge in [-0.25, -0.2) is 0 Å². The van der Waals surface area contributed by atoms with E-state index in [9.17, 15) is 9.59 Å². The number of thioether (sulfide) groups is 1. The van der Waals surface area contributed by atoms with Gasteiger partial charge in [-0.2, -0.15) is 0 Å². The number of carbonyl (C=O) groups excluding carboxylic acids is 2. The molecule has 3 aromatic rings. The number of ether oxygens (including phenoxy) is 1. The molecule has 1 atom stereocenters. The molecule has 1 heterocycles. The zero-order valence-corrected chi connectivity index (χ0v) is 18.8. The maximum atomic E-state index is 12.6. The Kier molecular flexibility index (Phi) is 7.12. The van der Waals surface area contributed by atoms with Crippen LogP contribution in [0.1, 0.15) is 39.3 Å².